The summed E-state index contributed by atoms with van der Waals surface area (Å²) in [7, 11) is 0. The van der Waals surface area contributed by atoms with Crippen molar-refractivity contribution in [1.82, 2.24) is 14.8 Å². The summed E-state index contributed by atoms with van der Waals surface area (Å²) in [6.07, 6.45) is 4.73. The van der Waals surface area contributed by atoms with Crippen molar-refractivity contribution < 1.29 is 0 Å². The molecule has 2 heterocycles. The van der Waals surface area contributed by atoms with Crippen molar-refractivity contribution in [2.45, 2.75) is 38.8 Å². The van der Waals surface area contributed by atoms with Gasteiger partial charge in [0.25, 0.3) is 0 Å². The fourth-order valence-corrected chi connectivity index (χ4v) is 2.66. The van der Waals surface area contributed by atoms with Crippen LogP contribution in [0.1, 0.15) is 30.7 Å². The lowest BCUT2D eigenvalue weighted by Gasteiger charge is -2.09. The smallest absolute Gasteiger partial charge is 0.224 e. The molecule has 0 saturated carbocycles. The summed E-state index contributed by atoms with van der Waals surface area (Å²) in [5.41, 5.74) is 1.15. The Balaban J connectivity index is 1.72. The second-order valence-electron chi connectivity index (χ2n) is 4.89. The highest BCUT2D eigenvalue weighted by Gasteiger charge is 2.14. The van der Waals surface area contributed by atoms with Gasteiger partial charge in [0.15, 0.2) is 0 Å². The molecule has 0 atom stereocenters. The van der Waals surface area contributed by atoms with Crippen LogP contribution in [0.2, 0.25) is 5.02 Å². The molecule has 0 amide bonds. The Kier molecular flexibility index (Phi) is 3.69. The van der Waals surface area contributed by atoms with E-state index in [0.717, 1.165) is 41.9 Å². The van der Waals surface area contributed by atoms with Gasteiger partial charge in [0.2, 0.25) is 5.95 Å². The molecular weight excluding hydrogens is 260 g/mol. The third-order valence-corrected chi connectivity index (χ3v) is 3.68. The largest absolute Gasteiger partial charge is 0.350 e. The molecule has 100 valence electrons. The highest BCUT2D eigenvalue weighted by atomic mass is 35.5. The summed E-state index contributed by atoms with van der Waals surface area (Å²) < 4.78 is 2.21. The minimum atomic E-state index is 0.721. The predicted molar refractivity (Wildman–Crippen MR) is 76.4 cm³/mol. The maximum Gasteiger partial charge on any atom is 0.224 e. The Labute approximate surface area is 117 Å². The van der Waals surface area contributed by atoms with Crippen LogP contribution in [0, 0.1) is 0 Å². The Morgan fingerprint density at radius 3 is 3.05 bits per heavy atom. The van der Waals surface area contributed by atoms with Crippen molar-refractivity contribution in [3.63, 3.8) is 0 Å². The molecule has 0 spiro atoms. The van der Waals surface area contributed by atoms with Gasteiger partial charge in [0, 0.05) is 24.5 Å². The van der Waals surface area contributed by atoms with Crippen LogP contribution in [-0.4, -0.2) is 14.8 Å². The third kappa shape index (κ3) is 2.89. The zero-order valence-electron chi connectivity index (χ0n) is 10.8. The molecule has 1 aliphatic rings. The third-order valence-electron chi connectivity index (χ3n) is 3.45. The molecule has 1 aliphatic heterocycles. The van der Waals surface area contributed by atoms with Crippen molar-refractivity contribution in [2.75, 3.05) is 5.32 Å². The van der Waals surface area contributed by atoms with E-state index in [0.29, 0.717) is 0 Å². The van der Waals surface area contributed by atoms with Crippen LogP contribution in [0.3, 0.4) is 0 Å². The fraction of sp³-hybridized carbons (Fsp3) is 0.429. The standard InChI is InChI=1S/C14H17ClN4/c15-12-6-4-5-11(9-12)10-16-14-18-17-13-7-2-1-3-8-19(13)14/h4-6,9H,1-3,7-8,10H2,(H,16,18). The predicted octanol–water partition coefficient (Wildman–Crippen LogP) is 3.27. The Morgan fingerprint density at radius 1 is 1.21 bits per heavy atom. The zero-order valence-corrected chi connectivity index (χ0v) is 11.5. The van der Waals surface area contributed by atoms with Gasteiger partial charge < -0.3 is 5.32 Å². The van der Waals surface area contributed by atoms with Gasteiger partial charge in [0.1, 0.15) is 5.82 Å². The zero-order chi connectivity index (χ0) is 13.1. The maximum atomic E-state index is 5.98. The molecular formula is C14H17ClN4. The van der Waals surface area contributed by atoms with Crippen molar-refractivity contribution in [3.05, 3.63) is 40.7 Å². The molecule has 0 aliphatic carbocycles. The summed E-state index contributed by atoms with van der Waals surface area (Å²) in [4.78, 5) is 0. The molecule has 4 nitrogen and oxygen atoms in total. The Morgan fingerprint density at radius 2 is 2.16 bits per heavy atom. The average Bonchev–Trinajstić information content (AvgIpc) is 2.64. The molecule has 0 fully saturated rings. The van der Waals surface area contributed by atoms with E-state index >= 15 is 0 Å². The minimum absolute atomic E-state index is 0.721. The number of benzene rings is 1. The number of nitrogens with zero attached hydrogens (tertiary/aromatic N) is 3. The Hall–Kier alpha value is -1.55. The number of hydrogen-bond acceptors (Lipinski definition) is 3. The number of aryl methyl sites for hydroxylation is 1. The molecule has 0 unspecified atom stereocenters. The van der Waals surface area contributed by atoms with Crippen LogP contribution in [-0.2, 0) is 19.5 Å². The molecule has 0 radical (unpaired) electrons. The summed E-state index contributed by atoms with van der Waals surface area (Å²) in [6.45, 7) is 1.74. The van der Waals surface area contributed by atoms with Crippen LogP contribution in [0.5, 0.6) is 0 Å². The number of halogens is 1. The highest BCUT2D eigenvalue weighted by molar-refractivity contribution is 6.30. The first-order valence-corrected chi connectivity index (χ1v) is 7.11. The number of hydrogen-bond donors (Lipinski definition) is 1. The molecule has 0 saturated heterocycles. The van der Waals surface area contributed by atoms with Crippen molar-refractivity contribution in [2.24, 2.45) is 0 Å². The molecule has 1 aromatic carbocycles. The number of nitrogens with one attached hydrogen (secondary N) is 1. The van der Waals surface area contributed by atoms with Crippen LogP contribution >= 0.6 is 11.6 Å². The maximum absolute atomic E-state index is 5.98. The van der Waals surface area contributed by atoms with Crippen molar-refractivity contribution in [3.8, 4) is 0 Å². The van der Waals surface area contributed by atoms with E-state index in [2.05, 4.69) is 26.1 Å². The molecule has 1 aromatic heterocycles. The lowest BCUT2D eigenvalue weighted by Crippen LogP contribution is -2.09. The van der Waals surface area contributed by atoms with Crippen LogP contribution in [0.15, 0.2) is 24.3 Å². The van der Waals surface area contributed by atoms with E-state index in [1.807, 2.05) is 18.2 Å². The molecule has 1 N–H and O–H groups in total. The van der Waals surface area contributed by atoms with E-state index in [-0.39, 0.29) is 0 Å². The van der Waals surface area contributed by atoms with Crippen molar-refractivity contribution >= 4 is 17.5 Å². The van der Waals surface area contributed by atoms with Crippen molar-refractivity contribution in [1.29, 1.82) is 0 Å². The first kappa shape index (κ1) is 12.5. The molecule has 3 rings (SSSR count). The van der Waals surface area contributed by atoms with Gasteiger partial charge in [-0.2, -0.15) is 0 Å². The van der Waals surface area contributed by atoms with E-state index in [4.69, 9.17) is 11.6 Å². The minimum Gasteiger partial charge on any atom is -0.350 e. The van der Waals surface area contributed by atoms with E-state index in [1.165, 1.54) is 19.3 Å². The van der Waals surface area contributed by atoms with E-state index < -0.39 is 0 Å². The summed E-state index contributed by atoms with van der Waals surface area (Å²) in [6, 6.07) is 7.87. The van der Waals surface area contributed by atoms with Gasteiger partial charge in [0.05, 0.1) is 0 Å². The van der Waals surface area contributed by atoms with E-state index in [9.17, 15) is 0 Å². The first-order chi connectivity index (χ1) is 9.33. The molecule has 19 heavy (non-hydrogen) atoms. The Bertz CT molecular complexity index is 564. The topological polar surface area (TPSA) is 42.7 Å². The molecule has 2 aromatic rings. The summed E-state index contributed by atoms with van der Waals surface area (Å²) >= 11 is 5.98. The van der Waals surface area contributed by atoms with Gasteiger partial charge in [-0.25, -0.2) is 0 Å². The van der Waals surface area contributed by atoms with Gasteiger partial charge in [-0.05, 0) is 30.5 Å². The van der Waals surface area contributed by atoms with Crippen LogP contribution in [0.4, 0.5) is 5.95 Å². The van der Waals surface area contributed by atoms with Crippen LogP contribution < -0.4 is 5.32 Å². The lowest BCUT2D eigenvalue weighted by atomic mass is 10.2. The number of aromatic nitrogens is 3. The van der Waals surface area contributed by atoms with Gasteiger partial charge >= 0.3 is 0 Å². The second-order valence-corrected chi connectivity index (χ2v) is 5.32. The average molecular weight is 277 g/mol. The highest BCUT2D eigenvalue weighted by Crippen LogP contribution is 2.18. The monoisotopic (exact) mass is 276 g/mol. The SMILES string of the molecule is Clc1cccc(CNc2nnc3n2CCCCC3)c1. The molecule has 0 bridgehead atoms. The number of fused-ring (bicyclic) bond motifs is 1. The second kappa shape index (κ2) is 5.61. The summed E-state index contributed by atoms with van der Waals surface area (Å²) in [5.74, 6) is 1.97. The van der Waals surface area contributed by atoms with Gasteiger partial charge in [-0.15, -0.1) is 10.2 Å². The van der Waals surface area contributed by atoms with Crippen LogP contribution in [0.25, 0.3) is 0 Å². The first-order valence-electron chi connectivity index (χ1n) is 6.73. The van der Waals surface area contributed by atoms with Gasteiger partial charge in [-0.3, -0.25) is 4.57 Å². The number of anilines is 1. The normalized spacial score (nSPS) is 14.8. The quantitative estimate of drug-likeness (QED) is 0.936. The van der Waals surface area contributed by atoms with E-state index in [1.54, 1.807) is 0 Å². The number of rotatable bonds is 3. The molecule has 5 heteroatoms. The summed E-state index contributed by atoms with van der Waals surface area (Å²) in [5, 5.41) is 12.6. The lowest BCUT2D eigenvalue weighted by molar-refractivity contribution is 0.635. The fourth-order valence-electron chi connectivity index (χ4n) is 2.44. The van der Waals surface area contributed by atoms with Gasteiger partial charge in [-0.1, -0.05) is 30.2 Å².